The summed E-state index contributed by atoms with van der Waals surface area (Å²) in [7, 11) is 0. The lowest BCUT2D eigenvalue weighted by atomic mass is 10.1. The number of allylic oxidation sites excluding steroid dienone is 1. The largest absolute Gasteiger partial charge is 0.429 e. The predicted molar refractivity (Wildman–Crippen MR) is 67.5 cm³/mol. The third-order valence-corrected chi connectivity index (χ3v) is 2.87. The van der Waals surface area contributed by atoms with E-state index in [4.69, 9.17) is 4.74 Å². The Morgan fingerprint density at radius 3 is 2.39 bits per heavy atom. The fourth-order valence-electron chi connectivity index (χ4n) is 2.21. The standard InChI is InChI=1S/C14H15NO3/c1-4-15-13(9(2)18-10(3)16)11-7-5-6-8-12(11)14(15)17/h5-8H,4H2,1-3H3/b13-9-. The van der Waals surface area contributed by atoms with Crippen molar-refractivity contribution in [2.75, 3.05) is 6.54 Å². The van der Waals surface area contributed by atoms with E-state index in [1.807, 2.05) is 25.1 Å². The summed E-state index contributed by atoms with van der Waals surface area (Å²) in [5, 5.41) is 0. The smallest absolute Gasteiger partial charge is 0.307 e. The first-order valence-electron chi connectivity index (χ1n) is 5.86. The van der Waals surface area contributed by atoms with Gasteiger partial charge in [0.2, 0.25) is 0 Å². The van der Waals surface area contributed by atoms with Crippen LogP contribution in [0.5, 0.6) is 0 Å². The van der Waals surface area contributed by atoms with Crippen LogP contribution in [0.2, 0.25) is 0 Å². The van der Waals surface area contributed by atoms with Gasteiger partial charge in [-0.25, -0.2) is 0 Å². The Balaban J connectivity index is 2.58. The first-order chi connectivity index (χ1) is 8.56. The van der Waals surface area contributed by atoms with Crippen LogP contribution in [0.4, 0.5) is 0 Å². The molecule has 0 N–H and O–H groups in total. The summed E-state index contributed by atoms with van der Waals surface area (Å²) in [6.45, 7) is 5.49. The summed E-state index contributed by atoms with van der Waals surface area (Å²) < 4.78 is 5.12. The summed E-state index contributed by atoms with van der Waals surface area (Å²) >= 11 is 0. The Bertz CT molecular complexity index is 546. The zero-order valence-electron chi connectivity index (χ0n) is 10.7. The van der Waals surface area contributed by atoms with E-state index in [2.05, 4.69) is 0 Å². The lowest BCUT2D eigenvalue weighted by Crippen LogP contribution is -2.23. The third kappa shape index (κ3) is 1.90. The van der Waals surface area contributed by atoms with Crippen LogP contribution < -0.4 is 0 Å². The number of rotatable bonds is 2. The van der Waals surface area contributed by atoms with Crippen molar-refractivity contribution in [3.8, 4) is 0 Å². The first-order valence-corrected chi connectivity index (χ1v) is 5.86. The van der Waals surface area contributed by atoms with Crippen LogP contribution in [0.25, 0.3) is 5.70 Å². The van der Waals surface area contributed by atoms with Gasteiger partial charge in [-0.15, -0.1) is 0 Å². The number of carbonyl (C=O) groups excluding carboxylic acids is 2. The number of hydrogen-bond donors (Lipinski definition) is 0. The molecule has 0 spiro atoms. The molecule has 2 rings (SSSR count). The molecule has 18 heavy (non-hydrogen) atoms. The Labute approximate surface area is 106 Å². The quantitative estimate of drug-likeness (QED) is 0.593. The van der Waals surface area contributed by atoms with Crippen molar-refractivity contribution in [2.24, 2.45) is 0 Å². The highest BCUT2D eigenvalue weighted by Gasteiger charge is 2.33. The molecule has 4 heteroatoms. The van der Waals surface area contributed by atoms with Crippen molar-refractivity contribution >= 4 is 17.6 Å². The molecule has 0 saturated heterocycles. The molecule has 1 aromatic carbocycles. The van der Waals surface area contributed by atoms with Gasteiger partial charge in [0.25, 0.3) is 5.91 Å². The molecule has 0 unspecified atom stereocenters. The second kappa shape index (κ2) is 4.64. The molecule has 4 nitrogen and oxygen atoms in total. The van der Waals surface area contributed by atoms with Crippen molar-refractivity contribution in [1.82, 2.24) is 4.90 Å². The van der Waals surface area contributed by atoms with Crippen LogP contribution >= 0.6 is 0 Å². The van der Waals surface area contributed by atoms with Crippen molar-refractivity contribution in [1.29, 1.82) is 0 Å². The molecule has 0 aromatic heterocycles. The van der Waals surface area contributed by atoms with E-state index in [-0.39, 0.29) is 11.9 Å². The lowest BCUT2D eigenvalue weighted by molar-refractivity contribution is -0.136. The van der Waals surface area contributed by atoms with Crippen molar-refractivity contribution in [3.63, 3.8) is 0 Å². The molecule has 1 aliphatic heterocycles. The van der Waals surface area contributed by atoms with Crippen LogP contribution in [0.1, 0.15) is 36.7 Å². The molecule has 0 aliphatic carbocycles. The van der Waals surface area contributed by atoms with Crippen LogP contribution in [-0.2, 0) is 9.53 Å². The number of fused-ring (bicyclic) bond motifs is 1. The van der Waals surface area contributed by atoms with E-state index in [0.717, 1.165) is 5.56 Å². The van der Waals surface area contributed by atoms with Crippen LogP contribution in [0, 0.1) is 0 Å². The fourth-order valence-corrected chi connectivity index (χ4v) is 2.21. The lowest BCUT2D eigenvalue weighted by Gasteiger charge is -2.17. The van der Waals surface area contributed by atoms with Gasteiger partial charge in [-0.2, -0.15) is 0 Å². The van der Waals surface area contributed by atoms with Gasteiger partial charge >= 0.3 is 5.97 Å². The second-order valence-electron chi connectivity index (χ2n) is 4.09. The summed E-state index contributed by atoms with van der Waals surface area (Å²) in [5.41, 5.74) is 2.16. The van der Waals surface area contributed by atoms with Crippen LogP contribution in [0.3, 0.4) is 0 Å². The van der Waals surface area contributed by atoms with Gasteiger partial charge in [0.15, 0.2) is 0 Å². The van der Waals surface area contributed by atoms with Crippen molar-refractivity contribution in [3.05, 3.63) is 41.2 Å². The highest BCUT2D eigenvalue weighted by Crippen LogP contribution is 2.34. The topological polar surface area (TPSA) is 46.6 Å². The number of esters is 1. The number of benzene rings is 1. The van der Waals surface area contributed by atoms with Crippen LogP contribution in [0.15, 0.2) is 30.0 Å². The second-order valence-corrected chi connectivity index (χ2v) is 4.09. The van der Waals surface area contributed by atoms with Gasteiger partial charge in [-0.05, 0) is 19.9 Å². The number of hydrogen-bond acceptors (Lipinski definition) is 3. The number of carbonyl (C=O) groups is 2. The maximum Gasteiger partial charge on any atom is 0.307 e. The van der Waals surface area contributed by atoms with E-state index in [0.29, 0.717) is 23.6 Å². The summed E-state index contributed by atoms with van der Waals surface area (Å²) in [4.78, 5) is 24.8. The monoisotopic (exact) mass is 245 g/mol. The van der Waals surface area contributed by atoms with E-state index >= 15 is 0 Å². The third-order valence-electron chi connectivity index (χ3n) is 2.87. The Kier molecular flexibility index (Phi) is 3.19. The van der Waals surface area contributed by atoms with Gasteiger partial charge in [0, 0.05) is 24.6 Å². The molecule has 1 aromatic rings. The Morgan fingerprint density at radius 1 is 1.22 bits per heavy atom. The molecule has 94 valence electrons. The SMILES string of the molecule is CCN1C(=O)c2ccccc2/C1=C(\C)OC(C)=O. The minimum absolute atomic E-state index is 0.0467. The van der Waals surface area contributed by atoms with Crippen molar-refractivity contribution < 1.29 is 14.3 Å². The minimum atomic E-state index is -0.382. The van der Waals surface area contributed by atoms with E-state index in [9.17, 15) is 9.59 Å². The summed E-state index contributed by atoms with van der Waals surface area (Å²) in [5.74, 6) is 0.0325. The maximum absolute atomic E-state index is 12.2. The highest BCUT2D eigenvalue weighted by molar-refractivity contribution is 6.09. The van der Waals surface area contributed by atoms with Gasteiger partial charge in [-0.1, -0.05) is 18.2 Å². The molecule has 0 fully saturated rings. The molecule has 1 heterocycles. The molecule has 1 amide bonds. The van der Waals surface area contributed by atoms with E-state index < -0.39 is 0 Å². The van der Waals surface area contributed by atoms with Gasteiger partial charge in [0.1, 0.15) is 5.76 Å². The maximum atomic E-state index is 12.2. The Morgan fingerprint density at radius 2 is 1.83 bits per heavy atom. The fraction of sp³-hybridized carbons (Fsp3) is 0.286. The zero-order valence-corrected chi connectivity index (χ0v) is 10.7. The minimum Gasteiger partial charge on any atom is -0.429 e. The van der Waals surface area contributed by atoms with Crippen molar-refractivity contribution in [2.45, 2.75) is 20.8 Å². The Hall–Kier alpha value is -2.10. The summed E-state index contributed by atoms with van der Waals surface area (Å²) in [6, 6.07) is 7.35. The molecular formula is C14H15NO3. The average Bonchev–Trinajstić information content (AvgIpc) is 2.62. The molecule has 0 saturated carbocycles. The normalized spacial score (nSPS) is 16.6. The van der Waals surface area contributed by atoms with E-state index in [1.54, 1.807) is 17.9 Å². The van der Waals surface area contributed by atoms with Gasteiger partial charge in [0.05, 0.1) is 5.70 Å². The number of amides is 1. The first kappa shape index (κ1) is 12.4. The molecular weight excluding hydrogens is 230 g/mol. The van der Waals surface area contributed by atoms with E-state index in [1.165, 1.54) is 6.92 Å². The molecule has 0 bridgehead atoms. The number of nitrogens with zero attached hydrogens (tertiary/aromatic N) is 1. The number of ether oxygens (including phenoxy) is 1. The predicted octanol–water partition coefficient (Wildman–Crippen LogP) is 2.41. The average molecular weight is 245 g/mol. The molecule has 0 radical (unpaired) electrons. The summed E-state index contributed by atoms with van der Waals surface area (Å²) in [6.07, 6.45) is 0. The van der Waals surface area contributed by atoms with Crippen LogP contribution in [-0.4, -0.2) is 23.3 Å². The zero-order chi connectivity index (χ0) is 13.3. The molecule has 0 atom stereocenters. The van der Waals surface area contributed by atoms with Gasteiger partial charge < -0.3 is 9.64 Å². The van der Waals surface area contributed by atoms with Gasteiger partial charge in [-0.3, -0.25) is 9.59 Å². The molecule has 1 aliphatic rings. The highest BCUT2D eigenvalue weighted by atomic mass is 16.5.